The monoisotopic (exact) mass is 1520 g/mol. The van der Waals surface area contributed by atoms with E-state index in [-0.39, 0.29) is 162 Å². The van der Waals surface area contributed by atoms with Crippen molar-refractivity contribution in [2.45, 2.75) is 180 Å². The van der Waals surface area contributed by atoms with Gasteiger partial charge in [0.05, 0.1) is 38.8 Å². The number of hydrogen-bond acceptors (Lipinski definition) is 17. The molecule has 2 saturated carbocycles. The number of likely N-dealkylation sites (tertiary alicyclic amines) is 1. The van der Waals surface area contributed by atoms with Crippen LogP contribution in [0.3, 0.4) is 0 Å². The Balaban J connectivity index is 0.000000676. The van der Waals surface area contributed by atoms with Crippen molar-refractivity contribution in [2.24, 2.45) is 11.8 Å². The van der Waals surface area contributed by atoms with Gasteiger partial charge in [-0.15, -0.1) is 46.7 Å². The van der Waals surface area contributed by atoms with E-state index in [9.17, 15) is 33.6 Å². The predicted octanol–water partition coefficient (Wildman–Crippen LogP) is 5.75. The van der Waals surface area contributed by atoms with Gasteiger partial charge in [0.1, 0.15) is 0 Å². The van der Waals surface area contributed by atoms with E-state index in [2.05, 4.69) is 30.6 Å². The summed E-state index contributed by atoms with van der Waals surface area (Å²) in [6.45, 7) is 7.48. The Morgan fingerprint density at radius 1 is 0.670 bits per heavy atom. The summed E-state index contributed by atoms with van der Waals surface area (Å²) in [5.41, 5.74) is 3.08. The molecule has 4 atom stereocenters. The number of carboxylic acids is 1. The van der Waals surface area contributed by atoms with E-state index in [4.69, 9.17) is 66.3 Å². The summed E-state index contributed by atoms with van der Waals surface area (Å²) in [7, 11) is 3.85. The van der Waals surface area contributed by atoms with Crippen LogP contribution in [0.2, 0.25) is 20.1 Å². The van der Waals surface area contributed by atoms with Gasteiger partial charge in [-0.3, -0.25) is 28.9 Å². The summed E-state index contributed by atoms with van der Waals surface area (Å²) in [4.78, 5) is 116. The number of amides is 4. The smallest absolute Gasteiger partial charge is 1.00 e. The predicted molar refractivity (Wildman–Crippen MR) is 361 cm³/mol. The average molecular weight is 1520 g/mol. The number of fused-ring (bicyclic) bond motifs is 2. The van der Waals surface area contributed by atoms with Gasteiger partial charge < -0.3 is 37.1 Å². The number of rotatable bonds is 13. The third-order valence-corrected chi connectivity index (χ3v) is 19.8. The fourth-order valence-corrected chi connectivity index (χ4v) is 15.0. The third kappa shape index (κ3) is 27.9. The fourth-order valence-electron chi connectivity index (χ4n) is 11.8. The van der Waals surface area contributed by atoms with Crippen LogP contribution >= 0.6 is 93.1 Å². The van der Waals surface area contributed by atoms with Crippen LogP contribution in [0.5, 0.6) is 0 Å². The summed E-state index contributed by atoms with van der Waals surface area (Å²) in [5.74, 6) is -1.29. The molecule has 0 bridgehead atoms. The molecule has 3 radical (unpaired) electrons. The molecule has 4 fully saturated rings. The van der Waals surface area contributed by atoms with Crippen molar-refractivity contribution in [1.29, 1.82) is 0 Å². The van der Waals surface area contributed by atoms with Crippen LogP contribution in [0, 0.1) is 11.8 Å². The molecule has 489 valence electrons. The van der Waals surface area contributed by atoms with E-state index in [1.807, 2.05) is 42.1 Å². The summed E-state index contributed by atoms with van der Waals surface area (Å²) in [6.07, 6.45) is 21.5. The van der Waals surface area contributed by atoms with Crippen molar-refractivity contribution in [3.8, 4) is 0 Å². The first kappa shape index (κ1) is 85.3. The molecular weight excluding hydrogens is 1440 g/mol. The number of carboxylic acid groups (broad SMARTS) is 1. The Labute approximate surface area is 648 Å². The molecule has 2 saturated heterocycles. The second kappa shape index (κ2) is 44.2. The van der Waals surface area contributed by atoms with Crippen molar-refractivity contribution in [1.82, 2.24) is 30.0 Å². The zero-order valence-corrected chi connectivity index (χ0v) is 65.3. The molecule has 4 aromatic rings. The molecule has 10 rings (SSSR count). The molecule has 3 N–H and O–H groups in total. The molecule has 4 heterocycles. The number of carbonyl (C=O) groups is 8. The van der Waals surface area contributed by atoms with Gasteiger partial charge in [0.15, 0.2) is 16.5 Å². The van der Waals surface area contributed by atoms with Crippen molar-refractivity contribution in [3.05, 3.63) is 88.8 Å². The number of benzene rings is 2. The second-order valence-corrected chi connectivity index (χ2v) is 26.7. The minimum absolute atomic E-state index is 0. The van der Waals surface area contributed by atoms with Gasteiger partial charge in [-0.25, -0.2) is 29.3 Å². The number of aliphatic carboxylic acids is 1. The van der Waals surface area contributed by atoms with Crippen LogP contribution in [0.25, 0.3) is 0 Å². The van der Waals surface area contributed by atoms with Crippen molar-refractivity contribution < 1.29 is 136 Å². The third-order valence-electron chi connectivity index (χ3n) is 16.3. The Morgan fingerprint density at radius 3 is 1.47 bits per heavy atom. The molecule has 91 heavy (non-hydrogen) atoms. The first-order valence-electron chi connectivity index (χ1n) is 30.0. The number of aromatic nitrogens is 2. The molecule has 29 heteroatoms. The van der Waals surface area contributed by atoms with Gasteiger partial charge in [-0.1, -0.05) is 97.1 Å². The van der Waals surface area contributed by atoms with Gasteiger partial charge in [0.2, 0.25) is 23.6 Å². The topological polar surface area (TPSA) is 250 Å². The zero-order chi connectivity index (χ0) is 63.2. The standard InChI is InChI=1S/C28H36Cl2N4O2S.C21H32N4O2S.C7H4Cl2O.C4H6O4.C2H4O2.B.HI.K.Na.H/c1-33(19-13-14-34(16-19)17-21-22(29)10-6-11-23(21)30)27(36)20-9-5-12-24-26(20)32-28(37-24)31-25(35)15-18-7-3-2-4-8-18;1-25(15-10-11-22-13-15)20(27)16-8-5-9-17-19(16)24-21(28-17)23-18(26)12-14-6-3-2-4-7-14;8-6-2-1-3-7(9)5(6)4-10;1-3(5)7-8-4(2)6;1-2(3)4;;;;;/h6,10-11,18-20H,2-5,7-9,12-17H2,1H3,(H,31,32,35);14-16,22H,2-13H2,1H3,(H,23,24,26);1-4H;1-2H3;1H3,(H,3,4);;1H;;;/q;;;;;;;2*+1;-1/p-1. The van der Waals surface area contributed by atoms with Crippen molar-refractivity contribution >= 4 is 160 Å². The summed E-state index contributed by atoms with van der Waals surface area (Å²) in [6, 6.07) is 11.0. The minimum atomic E-state index is -1.08. The number of thiazole rings is 2. The molecule has 6 aliphatic rings. The maximum absolute atomic E-state index is 13.7. The number of aryl methyl sites for hydroxylation is 2. The minimum Gasteiger partial charge on any atom is -1.00 e. The number of likely N-dealkylation sites (N-methyl/N-ethyl adjacent to an activating group) is 2. The molecule has 4 amide bonds. The maximum atomic E-state index is 13.7. The van der Waals surface area contributed by atoms with Crippen LogP contribution in [-0.4, -0.2) is 133 Å². The van der Waals surface area contributed by atoms with E-state index in [0.717, 1.165) is 133 Å². The van der Waals surface area contributed by atoms with Crippen LogP contribution in [-0.2, 0) is 62.7 Å². The molecule has 4 unspecified atom stereocenters. The molecule has 19 nitrogen and oxygen atoms in total. The van der Waals surface area contributed by atoms with Gasteiger partial charge in [0, 0.05) is 119 Å². The van der Waals surface area contributed by atoms with E-state index in [1.165, 1.54) is 56.2 Å². The first-order chi connectivity index (χ1) is 41.6. The average Bonchev–Trinajstić information content (AvgIpc) is 1.67. The Kier molecular flexibility index (Phi) is 41.4. The normalized spacial score (nSPS) is 19.0. The van der Waals surface area contributed by atoms with Crippen LogP contribution in [0.15, 0.2) is 36.4 Å². The van der Waals surface area contributed by atoms with E-state index in [0.29, 0.717) is 73.4 Å². The van der Waals surface area contributed by atoms with E-state index in [1.54, 1.807) is 40.9 Å². The van der Waals surface area contributed by atoms with Crippen molar-refractivity contribution in [3.63, 3.8) is 0 Å². The quantitative estimate of drug-likeness (QED) is 0.0474. The molecule has 2 aromatic heterocycles. The summed E-state index contributed by atoms with van der Waals surface area (Å²) >= 11 is 27.1. The number of carbonyl (C=O) groups excluding carboxylic acids is 8. The summed E-state index contributed by atoms with van der Waals surface area (Å²) < 4.78 is 0. The van der Waals surface area contributed by atoms with Crippen molar-refractivity contribution in [2.75, 3.05) is 50.9 Å². The number of hydrogen-bond donors (Lipinski definition) is 3. The number of aldehydes is 1. The molecule has 0 spiro atoms. The Morgan fingerprint density at radius 2 is 1.09 bits per heavy atom. The maximum Gasteiger partial charge on any atom is 1.00 e. The number of halogens is 5. The van der Waals surface area contributed by atoms with E-state index < -0.39 is 17.9 Å². The van der Waals surface area contributed by atoms with Gasteiger partial charge in [0.25, 0.3) is 0 Å². The fraction of sp³-hybridized carbons (Fsp3) is 0.581. The SMILES string of the molecule is CC(=O)OOC(C)=O.CC(=O)[O-].CN(C(=O)C1CCCc2sc(NC(=O)CC3CCCCC3)nc21)C1CCN(Cc2c(Cl)cccc2Cl)C1.CN(C(=O)C1CCCc2sc(NC(=O)CC3CCCCC3)nc21)C1CCNC1.I.O=Cc1c(Cl)cccc1Cl.[B].[H-].[K+].[Na+]. The summed E-state index contributed by atoms with van der Waals surface area (Å²) in [5, 5.41) is 21.8. The Hall–Kier alpha value is -1.83. The second-order valence-electron chi connectivity index (χ2n) is 22.9. The Bertz CT molecular complexity index is 2970. The molecule has 2 aliphatic heterocycles. The largest absolute Gasteiger partial charge is 1.00 e. The zero-order valence-electron chi connectivity index (χ0n) is 54.2. The van der Waals surface area contributed by atoms with Crippen LogP contribution in [0.4, 0.5) is 10.3 Å². The number of nitrogens with zero attached hydrogens (tertiary/aromatic N) is 5. The first-order valence-corrected chi connectivity index (χ1v) is 33.2. The van der Waals surface area contributed by atoms with Crippen LogP contribution in [0.1, 0.15) is 187 Å². The molecule has 2 aromatic carbocycles. The number of nitrogens with one attached hydrogen (secondary N) is 3. The van der Waals surface area contributed by atoms with Gasteiger partial charge >= 0.3 is 92.9 Å². The van der Waals surface area contributed by atoms with Crippen LogP contribution < -0.4 is 102 Å². The number of anilines is 2. The molecular formula is C62H83BCl4IKN8NaO11S2. The van der Waals surface area contributed by atoms with Gasteiger partial charge in [-0.2, -0.15) is 0 Å². The van der Waals surface area contributed by atoms with Gasteiger partial charge in [-0.05, 0) is 127 Å². The van der Waals surface area contributed by atoms with E-state index >= 15 is 0 Å². The molecule has 4 aliphatic carbocycles.